The number of nitrogens with zero attached hydrogens (tertiary/aromatic N) is 2. The van der Waals surface area contributed by atoms with Crippen molar-refractivity contribution in [2.24, 2.45) is 0 Å². The Hall–Kier alpha value is -1.94. The van der Waals surface area contributed by atoms with Crippen LogP contribution in [0.1, 0.15) is 12.6 Å². The van der Waals surface area contributed by atoms with Gasteiger partial charge in [0.05, 0.1) is 24.9 Å². The van der Waals surface area contributed by atoms with E-state index in [1.54, 1.807) is 0 Å². The number of para-hydroxylation sites is 1. The van der Waals surface area contributed by atoms with Gasteiger partial charge in [-0.3, -0.25) is 14.7 Å². The third kappa shape index (κ3) is 3.51. The molecule has 0 spiro atoms. The first kappa shape index (κ1) is 13.5. The van der Waals surface area contributed by atoms with Crippen molar-refractivity contribution in [2.75, 3.05) is 20.2 Å². The molecule has 0 saturated heterocycles. The zero-order chi connectivity index (χ0) is 13.7. The van der Waals surface area contributed by atoms with E-state index in [1.165, 1.54) is 7.11 Å². The van der Waals surface area contributed by atoms with Gasteiger partial charge in [-0.05, 0) is 18.7 Å². The Morgan fingerprint density at radius 2 is 2.05 bits per heavy atom. The lowest BCUT2D eigenvalue weighted by Crippen LogP contribution is -2.30. The van der Waals surface area contributed by atoms with E-state index < -0.39 is 0 Å². The number of carbonyl (C=O) groups excluding carboxylic acids is 1. The molecule has 4 nitrogen and oxygen atoms in total. The minimum absolute atomic E-state index is 0.220. The topological polar surface area (TPSA) is 42.4 Å². The van der Waals surface area contributed by atoms with Gasteiger partial charge in [-0.25, -0.2) is 0 Å². The number of likely N-dealkylation sites (N-methyl/N-ethyl adjacent to an activating group) is 1. The molecule has 0 unspecified atom stereocenters. The van der Waals surface area contributed by atoms with Crippen molar-refractivity contribution in [3.63, 3.8) is 0 Å². The van der Waals surface area contributed by atoms with Crippen LogP contribution in [0.2, 0.25) is 0 Å². The van der Waals surface area contributed by atoms with Gasteiger partial charge in [-0.1, -0.05) is 31.2 Å². The summed E-state index contributed by atoms with van der Waals surface area (Å²) in [6, 6.07) is 12.1. The summed E-state index contributed by atoms with van der Waals surface area (Å²) in [7, 11) is 1.41. The predicted octanol–water partition coefficient (Wildman–Crippen LogP) is 2.23. The van der Waals surface area contributed by atoms with Gasteiger partial charge in [0, 0.05) is 11.9 Å². The normalized spacial score (nSPS) is 10.9. The number of methoxy groups -OCH3 is 1. The third-order valence-electron chi connectivity index (χ3n) is 3.07. The van der Waals surface area contributed by atoms with Crippen molar-refractivity contribution in [3.8, 4) is 0 Å². The van der Waals surface area contributed by atoms with Gasteiger partial charge in [-0.15, -0.1) is 0 Å². The number of rotatable bonds is 5. The molecule has 0 N–H and O–H groups in total. The fourth-order valence-electron chi connectivity index (χ4n) is 1.95. The maximum Gasteiger partial charge on any atom is 0.319 e. The van der Waals surface area contributed by atoms with E-state index >= 15 is 0 Å². The van der Waals surface area contributed by atoms with Crippen LogP contribution in [0, 0.1) is 0 Å². The Morgan fingerprint density at radius 1 is 1.26 bits per heavy atom. The summed E-state index contributed by atoms with van der Waals surface area (Å²) in [5, 5.41) is 1.13. The summed E-state index contributed by atoms with van der Waals surface area (Å²) in [6.07, 6.45) is 0. The van der Waals surface area contributed by atoms with Crippen LogP contribution in [0.3, 0.4) is 0 Å². The Morgan fingerprint density at radius 3 is 2.79 bits per heavy atom. The summed E-state index contributed by atoms with van der Waals surface area (Å²) in [6.45, 7) is 3.74. The number of benzene rings is 1. The number of esters is 1. The second-order valence-corrected chi connectivity index (χ2v) is 4.37. The first-order chi connectivity index (χ1) is 9.22. The maximum absolute atomic E-state index is 11.3. The van der Waals surface area contributed by atoms with Crippen LogP contribution < -0.4 is 0 Å². The monoisotopic (exact) mass is 258 g/mol. The molecule has 0 aliphatic carbocycles. The van der Waals surface area contributed by atoms with Gasteiger partial charge in [-0.2, -0.15) is 0 Å². The largest absolute Gasteiger partial charge is 0.468 e. The predicted molar refractivity (Wildman–Crippen MR) is 74.7 cm³/mol. The highest BCUT2D eigenvalue weighted by Gasteiger charge is 2.10. The molecule has 1 aromatic carbocycles. The van der Waals surface area contributed by atoms with Gasteiger partial charge < -0.3 is 4.74 Å². The standard InChI is InChI=1S/C15H18N2O2/c1-3-17(11-15(18)19-2)10-13-9-8-12-6-4-5-7-14(12)16-13/h4-9H,3,10-11H2,1-2H3. The van der Waals surface area contributed by atoms with E-state index in [0.717, 1.165) is 23.1 Å². The van der Waals surface area contributed by atoms with Crippen molar-refractivity contribution in [1.82, 2.24) is 9.88 Å². The van der Waals surface area contributed by atoms with Gasteiger partial charge >= 0.3 is 5.97 Å². The fourth-order valence-corrected chi connectivity index (χ4v) is 1.95. The molecule has 2 rings (SSSR count). The molecule has 0 fully saturated rings. The molecule has 0 radical (unpaired) electrons. The maximum atomic E-state index is 11.3. The summed E-state index contributed by atoms with van der Waals surface area (Å²) in [4.78, 5) is 17.9. The summed E-state index contributed by atoms with van der Waals surface area (Å²) in [5.74, 6) is -0.220. The van der Waals surface area contributed by atoms with Crippen molar-refractivity contribution in [1.29, 1.82) is 0 Å². The number of hydrogen-bond acceptors (Lipinski definition) is 4. The van der Waals surface area contributed by atoms with E-state index in [9.17, 15) is 4.79 Å². The van der Waals surface area contributed by atoms with Crippen LogP contribution in [-0.4, -0.2) is 36.1 Å². The molecule has 100 valence electrons. The van der Waals surface area contributed by atoms with Crippen molar-refractivity contribution in [3.05, 3.63) is 42.1 Å². The van der Waals surface area contributed by atoms with E-state index in [4.69, 9.17) is 0 Å². The van der Waals surface area contributed by atoms with Crippen LogP contribution in [0.4, 0.5) is 0 Å². The lowest BCUT2D eigenvalue weighted by Gasteiger charge is -2.18. The molecule has 1 heterocycles. The summed E-state index contributed by atoms with van der Waals surface area (Å²) >= 11 is 0. The highest BCUT2D eigenvalue weighted by molar-refractivity contribution is 5.78. The smallest absolute Gasteiger partial charge is 0.319 e. The number of hydrogen-bond donors (Lipinski definition) is 0. The first-order valence-corrected chi connectivity index (χ1v) is 6.36. The average molecular weight is 258 g/mol. The second kappa shape index (κ2) is 6.29. The minimum Gasteiger partial charge on any atom is -0.468 e. The van der Waals surface area contributed by atoms with E-state index in [-0.39, 0.29) is 5.97 Å². The highest BCUT2D eigenvalue weighted by Crippen LogP contribution is 2.12. The van der Waals surface area contributed by atoms with Gasteiger partial charge in [0.15, 0.2) is 0 Å². The average Bonchev–Trinajstić information content (AvgIpc) is 2.46. The number of pyridine rings is 1. The Labute approximate surface area is 113 Å². The minimum atomic E-state index is -0.220. The van der Waals surface area contributed by atoms with Gasteiger partial charge in [0.2, 0.25) is 0 Å². The molecule has 2 aromatic rings. The number of aromatic nitrogens is 1. The van der Waals surface area contributed by atoms with Crippen LogP contribution in [0.15, 0.2) is 36.4 Å². The zero-order valence-corrected chi connectivity index (χ0v) is 11.3. The molecule has 0 bridgehead atoms. The van der Waals surface area contributed by atoms with Crippen LogP contribution in [-0.2, 0) is 16.1 Å². The number of ether oxygens (including phenoxy) is 1. The molecule has 19 heavy (non-hydrogen) atoms. The first-order valence-electron chi connectivity index (χ1n) is 6.36. The molecule has 0 amide bonds. The Bertz CT molecular complexity index is 569. The molecule has 0 aliphatic rings. The molecule has 0 atom stereocenters. The lowest BCUT2D eigenvalue weighted by molar-refractivity contribution is -0.142. The highest BCUT2D eigenvalue weighted by atomic mass is 16.5. The van der Waals surface area contributed by atoms with Crippen LogP contribution in [0.25, 0.3) is 10.9 Å². The molecule has 0 aliphatic heterocycles. The molecular formula is C15H18N2O2. The summed E-state index contributed by atoms with van der Waals surface area (Å²) in [5.41, 5.74) is 1.94. The SMILES string of the molecule is CCN(CC(=O)OC)Cc1ccc2ccccc2n1. The van der Waals surface area contributed by atoms with E-state index in [1.807, 2.05) is 42.2 Å². The van der Waals surface area contributed by atoms with Gasteiger partial charge in [0.25, 0.3) is 0 Å². The van der Waals surface area contributed by atoms with Gasteiger partial charge in [0.1, 0.15) is 0 Å². The third-order valence-corrected chi connectivity index (χ3v) is 3.07. The molecule has 0 saturated carbocycles. The van der Waals surface area contributed by atoms with Crippen molar-refractivity contribution < 1.29 is 9.53 Å². The Kier molecular flexibility index (Phi) is 4.47. The van der Waals surface area contributed by atoms with Crippen molar-refractivity contribution in [2.45, 2.75) is 13.5 Å². The molecular weight excluding hydrogens is 240 g/mol. The Balaban J connectivity index is 2.12. The zero-order valence-electron chi connectivity index (χ0n) is 11.3. The number of fused-ring (bicyclic) bond motifs is 1. The second-order valence-electron chi connectivity index (χ2n) is 4.37. The fraction of sp³-hybridized carbons (Fsp3) is 0.333. The number of carbonyl (C=O) groups is 1. The van der Waals surface area contributed by atoms with Crippen molar-refractivity contribution >= 4 is 16.9 Å². The molecule has 1 aromatic heterocycles. The summed E-state index contributed by atoms with van der Waals surface area (Å²) < 4.78 is 4.69. The van der Waals surface area contributed by atoms with Crippen LogP contribution in [0.5, 0.6) is 0 Å². The quantitative estimate of drug-likeness (QED) is 0.771. The van der Waals surface area contributed by atoms with E-state index in [2.05, 4.69) is 15.8 Å². The lowest BCUT2D eigenvalue weighted by atomic mass is 10.2. The molecule has 4 heteroatoms. The van der Waals surface area contributed by atoms with Crippen LogP contribution >= 0.6 is 0 Å². The van der Waals surface area contributed by atoms with E-state index in [0.29, 0.717) is 13.1 Å².